The number of phenolic OH excluding ortho intramolecular Hbond substituents is 1. The van der Waals surface area contributed by atoms with Crippen LogP contribution in [-0.4, -0.2) is 40.3 Å². The standard InChI is InChI=1S/C31H35N3O5/c1-3-39-28-10-5-4-9-23(28)18-33-30(38)17-22-8-6-7-21(16-22)15-20(2)32-19-27(36)24-11-13-26(35)31-25(24)12-14-29(37)34-31/h4-14,16,20,27,32,35-36H,3,15,17-19H2,1-2H3,(H,33,38)(H,34,37)/t20?,27-/m0/s1. The van der Waals surface area contributed by atoms with Crippen molar-refractivity contribution in [2.75, 3.05) is 13.2 Å². The van der Waals surface area contributed by atoms with Crippen LogP contribution in [0.1, 0.15) is 42.2 Å². The highest BCUT2D eigenvalue weighted by atomic mass is 16.5. The number of carbonyl (C=O) groups excluding carboxylic acids is 1. The lowest BCUT2D eigenvalue weighted by Crippen LogP contribution is -2.32. The van der Waals surface area contributed by atoms with Gasteiger partial charge in [0.2, 0.25) is 11.5 Å². The molecule has 4 rings (SSSR count). The van der Waals surface area contributed by atoms with Gasteiger partial charge in [-0.25, -0.2) is 0 Å². The van der Waals surface area contributed by atoms with Crippen LogP contribution >= 0.6 is 0 Å². The number of fused-ring (bicyclic) bond motifs is 1. The molecular formula is C31H35N3O5. The number of aromatic nitrogens is 1. The molecule has 0 spiro atoms. The number of ether oxygens (including phenoxy) is 1. The number of rotatable bonds is 12. The van der Waals surface area contributed by atoms with Crippen LogP contribution in [0.2, 0.25) is 0 Å². The largest absolute Gasteiger partial charge is 0.506 e. The van der Waals surface area contributed by atoms with E-state index in [0.717, 1.165) is 22.4 Å². The number of phenols is 1. The van der Waals surface area contributed by atoms with Crippen molar-refractivity contribution in [1.82, 2.24) is 15.6 Å². The molecule has 4 aromatic rings. The van der Waals surface area contributed by atoms with Gasteiger partial charge in [-0.3, -0.25) is 9.59 Å². The molecule has 0 aliphatic rings. The fourth-order valence-corrected chi connectivity index (χ4v) is 4.65. The molecule has 1 aromatic heterocycles. The number of amides is 1. The van der Waals surface area contributed by atoms with Crippen molar-refractivity contribution in [3.05, 3.63) is 105 Å². The molecule has 3 aromatic carbocycles. The summed E-state index contributed by atoms with van der Waals surface area (Å²) in [5, 5.41) is 27.8. The van der Waals surface area contributed by atoms with Crippen molar-refractivity contribution in [1.29, 1.82) is 0 Å². The Morgan fingerprint density at radius 3 is 2.64 bits per heavy atom. The highest BCUT2D eigenvalue weighted by molar-refractivity contribution is 5.87. The van der Waals surface area contributed by atoms with Gasteiger partial charge in [0.05, 0.1) is 24.6 Å². The second-order valence-corrected chi connectivity index (χ2v) is 9.63. The molecule has 0 fully saturated rings. The molecule has 1 amide bonds. The van der Waals surface area contributed by atoms with Gasteiger partial charge in [0.25, 0.3) is 0 Å². The third-order valence-electron chi connectivity index (χ3n) is 6.57. The SMILES string of the molecule is CCOc1ccccc1CNC(=O)Cc1cccc(CC(C)NC[C@H](O)c2ccc(O)c3[nH]c(=O)ccc23)c1. The Morgan fingerprint density at radius 1 is 1.03 bits per heavy atom. The third-order valence-corrected chi connectivity index (χ3v) is 6.57. The molecule has 0 radical (unpaired) electrons. The summed E-state index contributed by atoms with van der Waals surface area (Å²) in [5.41, 5.74) is 3.58. The Balaban J connectivity index is 1.30. The summed E-state index contributed by atoms with van der Waals surface area (Å²) in [5.74, 6) is 0.682. The zero-order valence-corrected chi connectivity index (χ0v) is 22.2. The molecule has 39 heavy (non-hydrogen) atoms. The van der Waals surface area contributed by atoms with Crippen molar-refractivity contribution < 1.29 is 19.7 Å². The summed E-state index contributed by atoms with van der Waals surface area (Å²) in [7, 11) is 0. The molecule has 0 saturated heterocycles. The molecule has 5 N–H and O–H groups in total. The Morgan fingerprint density at radius 2 is 1.82 bits per heavy atom. The zero-order valence-electron chi connectivity index (χ0n) is 22.2. The fraction of sp³-hybridized carbons (Fsp3) is 0.290. The molecule has 204 valence electrons. The van der Waals surface area contributed by atoms with Crippen LogP contribution < -0.4 is 20.9 Å². The van der Waals surface area contributed by atoms with E-state index < -0.39 is 6.10 Å². The minimum absolute atomic E-state index is 0.0381. The van der Waals surface area contributed by atoms with Crippen LogP contribution in [0.15, 0.2) is 77.6 Å². The Labute approximate surface area is 227 Å². The molecule has 8 heteroatoms. The van der Waals surface area contributed by atoms with Gasteiger partial charge in [0, 0.05) is 36.1 Å². The summed E-state index contributed by atoms with van der Waals surface area (Å²) in [6.07, 6.45) is 0.165. The van der Waals surface area contributed by atoms with Crippen molar-refractivity contribution in [2.45, 2.75) is 45.4 Å². The van der Waals surface area contributed by atoms with E-state index in [2.05, 4.69) is 15.6 Å². The number of aliphatic hydroxyl groups excluding tert-OH is 1. The van der Waals surface area contributed by atoms with Gasteiger partial charge < -0.3 is 30.6 Å². The summed E-state index contributed by atoms with van der Waals surface area (Å²) in [4.78, 5) is 26.9. The lowest BCUT2D eigenvalue weighted by molar-refractivity contribution is -0.120. The molecule has 1 heterocycles. The summed E-state index contributed by atoms with van der Waals surface area (Å²) in [6.45, 7) is 5.24. The van der Waals surface area contributed by atoms with Crippen molar-refractivity contribution in [3.8, 4) is 11.5 Å². The molecular weight excluding hydrogens is 494 g/mol. The maximum absolute atomic E-state index is 12.6. The second kappa shape index (κ2) is 13.1. The molecule has 1 unspecified atom stereocenters. The first-order chi connectivity index (χ1) is 18.8. The monoisotopic (exact) mass is 529 g/mol. The maximum atomic E-state index is 12.6. The molecule has 2 atom stereocenters. The second-order valence-electron chi connectivity index (χ2n) is 9.63. The average Bonchev–Trinajstić information content (AvgIpc) is 2.92. The van der Waals surface area contributed by atoms with Gasteiger partial charge in [0.1, 0.15) is 11.5 Å². The molecule has 0 bridgehead atoms. The zero-order chi connectivity index (χ0) is 27.8. The lowest BCUT2D eigenvalue weighted by atomic mass is 10.0. The van der Waals surface area contributed by atoms with E-state index in [9.17, 15) is 19.8 Å². The molecule has 0 saturated carbocycles. The number of carbonyl (C=O) groups is 1. The van der Waals surface area contributed by atoms with Gasteiger partial charge >= 0.3 is 0 Å². The van der Waals surface area contributed by atoms with Gasteiger partial charge in [0.15, 0.2) is 0 Å². The van der Waals surface area contributed by atoms with Crippen LogP contribution in [0.4, 0.5) is 0 Å². The normalized spacial score (nSPS) is 12.7. The van der Waals surface area contributed by atoms with Crippen LogP contribution in [0.3, 0.4) is 0 Å². The molecule has 0 aliphatic heterocycles. The summed E-state index contributed by atoms with van der Waals surface area (Å²) >= 11 is 0. The lowest BCUT2D eigenvalue weighted by Gasteiger charge is -2.19. The van der Waals surface area contributed by atoms with Gasteiger partial charge in [-0.2, -0.15) is 0 Å². The Hall–Kier alpha value is -4.14. The number of pyridine rings is 1. The predicted octanol–water partition coefficient (Wildman–Crippen LogP) is 3.75. The smallest absolute Gasteiger partial charge is 0.248 e. The highest BCUT2D eigenvalue weighted by Crippen LogP contribution is 2.28. The van der Waals surface area contributed by atoms with Crippen LogP contribution in [0.25, 0.3) is 10.9 Å². The molecule has 0 aliphatic carbocycles. The van der Waals surface area contributed by atoms with E-state index in [1.54, 1.807) is 12.1 Å². The highest BCUT2D eigenvalue weighted by Gasteiger charge is 2.15. The van der Waals surface area contributed by atoms with Gasteiger partial charge in [-0.05, 0) is 55.2 Å². The minimum Gasteiger partial charge on any atom is -0.506 e. The fourth-order valence-electron chi connectivity index (χ4n) is 4.65. The first-order valence-electron chi connectivity index (χ1n) is 13.2. The Kier molecular flexibility index (Phi) is 9.35. The summed E-state index contributed by atoms with van der Waals surface area (Å²) in [6, 6.07) is 21.8. The van der Waals surface area contributed by atoms with Gasteiger partial charge in [-0.15, -0.1) is 0 Å². The number of H-pyrrole nitrogens is 1. The van der Waals surface area contributed by atoms with Crippen LogP contribution in [0, 0.1) is 0 Å². The number of para-hydroxylation sites is 1. The third kappa shape index (κ3) is 7.46. The van der Waals surface area contributed by atoms with Gasteiger partial charge in [-0.1, -0.05) is 48.5 Å². The van der Waals surface area contributed by atoms with E-state index in [1.807, 2.05) is 62.4 Å². The van der Waals surface area contributed by atoms with E-state index in [1.165, 1.54) is 12.1 Å². The van der Waals surface area contributed by atoms with Crippen LogP contribution in [-0.2, 0) is 24.2 Å². The van der Waals surface area contributed by atoms with Crippen molar-refractivity contribution in [2.24, 2.45) is 0 Å². The van der Waals surface area contributed by atoms with E-state index in [4.69, 9.17) is 4.74 Å². The number of aliphatic hydroxyl groups is 1. The topological polar surface area (TPSA) is 124 Å². The number of aromatic hydroxyl groups is 1. The first-order valence-corrected chi connectivity index (χ1v) is 13.2. The average molecular weight is 530 g/mol. The number of nitrogens with one attached hydrogen (secondary N) is 3. The number of benzene rings is 3. The number of hydrogen-bond acceptors (Lipinski definition) is 6. The predicted molar refractivity (Wildman–Crippen MR) is 152 cm³/mol. The van der Waals surface area contributed by atoms with Crippen LogP contribution in [0.5, 0.6) is 11.5 Å². The quantitative estimate of drug-likeness (QED) is 0.191. The minimum atomic E-state index is -0.829. The first kappa shape index (κ1) is 27.9. The van der Waals surface area contributed by atoms with Crippen molar-refractivity contribution in [3.63, 3.8) is 0 Å². The number of hydrogen-bond donors (Lipinski definition) is 5. The van der Waals surface area contributed by atoms with E-state index >= 15 is 0 Å². The summed E-state index contributed by atoms with van der Waals surface area (Å²) < 4.78 is 5.63. The maximum Gasteiger partial charge on any atom is 0.248 e. The molecule has 8 nitrogen and oxygen atoms in total. The van der Waals surface area contributed by atoms with Crippen molar-refractivity contribution >= 4 is 16.8 Å². The van der Waals surface area contributed by atoms with E-state index in [-0.39, 0.29) is 29.7 Å². The van der Waals surface area contributed by atoms with E-state index in [0.29, 0.717) is 42.6 Å². The number of aromatic amines is 1. The Bertz CT molecular complexity index is 1480.